The number of benzene rings is 2. The quantitative estimate of drug-likeness (QED) is 0.846. The standard InChI is InChI=1S/C14H12ClN3O2S/c15-12-5-4-11(8-16)14(7-12)18-21(19,20)9-10-2-1-3-13(17)6-10/h1-7,18H,9,17H2. The van der Waals surface area contributed by atoms with Crippen LogP contribution in [0.2, 0.25) is 5.02 Å². The lowest BCUT2D eigenvalue weighted by atomic mass is 10.2. The van der Waals surface area contributed by atoms with Crippen LogP contribution in [0.5, 0.6) is 0 Å². The van der Waals surface area contributed by atoms with Gasteiger partial charge in [0.2, 0.25) is 10.0 Å². The van der Waals surface area contributed by atoms with E-state index in [1.165, 1.54) is 18.2 Å². The summed E-state index contributed by atoms with van der Waals surface area (Å²) in [6, 6.07) is 12.9. The maximum absolute atomic E-state index is 12.2. The minimum absolute atomic E-state index is 0.161. The van der Waals surface area contributed by atoms with E-state index in [-0.39, 0.29) is 17.0 Å². The summed E-state index contributed by atoms with van der Waals surface area (Å²) in [5.74, 6) is -0.241. The van der Waals surface area contributed by atoms with Crippen LogP contribution in [0.25, 0.3) is 0 Å². The third-order valence-electron chi connectivity index (χ3n) is 2.68. The number of nitrogens with two attached hydrogens (primary N) is 1. The SMILES string of the molecule is N#Cc1ccc(Cl)cc1NS(=O)(=O)Cc1cccc(N)c1. The van der Waals surface area contributed by atoms with Crippen LogP contribution in [-0.2, 0) is 15.8 Å². The first-order valence-corrected chi connectivity index (χ1v) is 7.97. The van der Waals surface area contributed by atoms with Crippen LogP contribution in [0.1, 0.15) is 11.1 Å². The maximum Gasteiger partial charge on any atom is 0.236 e. The van der Waals surface area contributed by atoms with Gasteiger partial charge in [0, 0.05) is 10.7 Å². The summed E-state index contributed by atoms with van der Waals surface area (Å²) in [5, 5.41) is 9.33. The highest BCUT2D eigenvalue weighted by Gasteiger charge is 2.14. The first-order chi connectivity index (χ1) is 9.89. The summed E-state index contributed by atoms with van der Waals surface area (Å²) in [6.45, 7) is 0. The summed E-state index contributed by atoms with van der Waals surface area (Å²) in [5.41, 5.74) is 7.03. The summed E-state index contributed by atoms with van der Waals surface area (Å²) in [4.78, 5) is 0. The summed E-state index contributed by atoms with van der Waals surface area (Å²) in [6.07, 6.45) is 0. The molecule has 2 rings (SSSR count). The molecular formula is C14H12ClN3O2S. The van der Waals surface area contributed by atoms with Gasteiger partial charge in [-0.1, -0.05) is 23.7 Å². The Morgan fingerprint density at radius 1 is 1.24 bits per heavy atom. The zero-order valence-electron chi connectivity index (χ0n) is 10.9. The molecule has 108 valence electrons. The van der Waals surface area contributed by atoms with Crippen LogP contribution >= 0.6 is 11.6 Å². The number of nitrogens with zero attached hydrogens (tertiary/aromatic N) is 1. The molecular weight excluding hydrogens is 310 g/mol. The van der Waals surface area contributed by atoms with Crippen molar-refractivity contribution in [1.29, 1.82) is 5.26 Å². The van der Waals surface area contributed by atoms with E-state index in [4.69, 9.17) is 22.6 Å². The van der Waals surface area contributed by atoms with Crippen molar-refractivity contribution in [2.45, 2.75) is 5.75 Å². The Bertz CT molecular complexity index is 813. The molecule has 21 heavy (non-hydrogen) atoms. The van der Waals surface area contributed by atoms with E-state index in [0.717, 1.165) is 0 Å². The molecule has 5 nitrogen and oxygen atoms in total. The Balaban J connectivity index is 2.26. The van der Waals surface area contributed by atoms with Crippen molar-refractivity contribution in [2.75, 3.05) is 10.5 Å². The van der Waals surface area contributed by atoms with E-state index >= 15 is 0 Å². The number of halogens is 1. The minimum atomic E-state index is -3.67. The van der Waals surface area contributed by atoms with Gasteiger partial charge in [-0.25, -0.2) is 8.42 Å². The zero-order valence-corrected chi connectivity index (χ0v) is 12.4. The molecule has 0 bridgehead atoms. The van der Waals surface area contributed by atoms with Gasteiger partial charge in [-0.3, -0.25) is 4.72 Å². The highest BCUT2D eigenvalue weighted by molar-refractivity contribution is 7.91. The van der Waals surface area contributed by atoms with Gasteiger partial charge in [0.05, 0.1) is 17.0 Å². The topological polar surface area (TPSA) is 96.0 Å². The fraction of sp³-hybridized carbons (Fsp3) is 0.0714. The van der Waals surface area contributed by atoms with Crippen LogP contribution in [0, 0.1) is 11.3 Å². The van der Waals surface area contributed by atoms with Gasteiger partial charge in [-0.2, -0.15) is 5.26 Å². The van der Waals surface area contributed by atoms with E-state index in [9.17, 15) is 8.42 Å². The van der Waals surface area contributed by atoms with Gasteiger partial charge in [-0.05, 0) is 35.9 Å². The van der Waals surface area contributed by atoms with Crippen LogP contribution < -0.4 is 10.5 Å². The van der Waals surface area contributed by atoms with E-state index in [2.05, 4.69) is 4.72 Å². The fourth-order valence-corrected chi connectivity index (χ4v) is 3.17. The number of anilines is 2. The molecule has 3 N–H and O–H groups in total. The minimum Gasteiger partial charge on any atom is -0.399 e. The third kappa shape index (κ3) is 4.12. The Morgan fingerprint density at radius 2 is 2.00 bits per heavy atom. The summed E-state index contributed by atoms with van der Waals surface area (Å²) < 4.78 is 26.7. The van der Waals surface area contributed by atoms with E-state index in [0.29, 0.717) is 16.3 Å². The monoisotopic (exact) mass is 321 g/mol. The van der Waals surface area contributed by atoms with Crippen molar-refractivity contribution in [2.24, 2.45) is 0 Å². The Hall–Kier alpha value is -2.23. The predicted octanol–water partition coefficient (Wildman–Crippen LogP) is 2.74. The molecule has 0 aliphatic rings. The number of nitrogen functional groups attached to an aromatic ring is 1. The molecule has 7 heteroatoms. The number of rotatable bonds is 4. The molecule has 2 aromatic carbocycles. The maximum atomic E-state index is 12.2. The van der Waals surface area contributed by atoms with Gasteiger partial charge >= 0.3 is 0 Å². The van der Waals surface area contributed by atoms with Crippen LogP contribution in [0.4, 0.5) is 11.4 Å². The zero-order chi connectivity index (χ0) is 15.5. The molecule has 0 saturated heterocycles. The second-order valence-corrected chi connectivity index (χ2v) is 6.57. The van der Waals surface area contributed by atoms with Crippen molar-refractivity contribution in [1.82, 2.24) is 0 Å². The van der Waals surface area contributed by atoms with Gasteiger partial charge in [0.1, 0.15) is 6.07 Å². The van der Waals surface area contributed by atoms with Crippen molar-refractivity contribution in [3.63, 3.8) is 0 Å². The lowest BCUT2D eigenvalue weighted by molar-refractivity contribution is 0.600. The van der Waals surface area contributed by atoms with Crippen molar-refractivity contribution >= 4 is 33.0 Å². The second-order valence-electron chi connectivity index (χ2n) is 4.41. The summed E-state index contributed by atoms with van der Waals surface area (Å²) >= 11 is 5.82. The largest absolute Gasteiger partial charge is 0.399 e. The molecule has 0 amide bonds. The number of nitriles is 1. The van der Waals surface area contributed by atoms with Crippen LogP contribution in [0.3, 0.4) is 0 Å². The fourth-order valence-electron chi connectivity index (χ4n) is 1.80. The van der Waals surface area contributed by atoms with E-state index in [1.54, 1.807) is 24.3 Å². The highest BCUT2D eigenvalue weighted by Crippen LogP contribution is 2.22. The first-order valence-electron chi connectivity index (χ1n) is 5.94. The molecule has 0 spiro atoms. The van der Waals surface area contributed by atoms with Crippen molar-refractivity contribution in [3.8, 4) is 6.07 Å². The molecule has 0 aliphatic carbocycles. The average molecular weight is 322 g/mol. The van der Waals surface area contributed by atoms with Crippen molar-refractivity contribution < 1.29 is 8.42 Å². The number of sulfonamides is 1. The Kier molecular flexibility index (Phi) is 4.36. The molecule has 0 radical (unpaired) electrons. The van der Waals surface area contributed by atoms with Gasteiger partial charge in [-0.15, -0.1) is 0 Å². The predicted molar refractivity (Wildman–Crippen MR) is 83.3 cm³/mol. The van der Waals surface area contributed by atoms with Gasteiger partial charge in [0.25, 0.3) is 0 Å². The van der Waals surface area contributed by atoms with Crippen molar-refractivity contribution in [3.05, 3.63) is 58.6 Å². The van der Waals surface area contributed by atoms with E-state index < -0.39 is 10.0 Å². The molecule has 0 aromatic heterocycles. The molecule has 0 saturated carbocycles. The Labute approximate surface area is 128 Å². The number of hydrogen-bond donors (Lipinski definition) is 2. The summed E-state index contributed by atoms with van der Waals surface area (Å²) in [7, 11) is -3.67. The third-order valence-corrected chi connectivity index (χ3v) is 4.15. The molecule has 0 aliphatic heterocycles. The highest BCUT2D eigenvalue weighted by atomic mass is 35.5. The molecule has 0 unspecified atom stereocenters. The lowest BCUT2D eigenvalue weighted by Gasteiger charge is -2.10. The lowest BCUT2D eigenvalue weighted by Crippen LogP contribution is -2.16. The average Bonchev–Trinajstić information content (AvgIpc) is 2.37. The number of nitrogens with one attached hydrogen (secondary N) is 1. The smallest absolute Gasteiger partial charge is 0.236 e. The number of hydrogen-bond acceptors (Lipinski definition) is 4. The van der Waals surface area contributed by atoms with Gasteiger partial charge in [0.15, 0.2) is 0 Å². The first kappa shape index (κ1) is 15.2. The Morgan fingerprint density at radius 3 is 2.67 bits per heavy atom. The van der Waals surface area contributed by atoms with Crippen LogP contribution in [0.15, 0.2) is 42.5 Å². The molecule has 0 atom stereocenters. The van der Waals surface area contributed by atoms with Crippen LogP contribution in [-0.4, -0.2) is 8.42 Å². The molecule has 0 heterocycles. The molecule has 0 fully saturated rings. The van der Waals surface area contributed by atoms with Gasteiger partial charge < -0.3 is 5.73 Å². The second kappa shape index (κ2) is 6.04. The van der Waals surface area contributed by atoms with E-state index in [1.807, 2.05) is 6.07 Å². The molecule has 2 aromatic rings. The normalized spacial score (nSPS) is 10.9.